The van der Waals surface area contributed by atoms with Crippen molar-refractivity contribution < 1.29 is 9.84 Å². The Morgan fingerprint density at radius 1 is 1.45 bits per heavy atom. The summed E-state index contributed by atoms with van der Waals surface area (Å²) in [6.07, 6.45) is 3.77. The minimum Gasteiger partial charge on any atom is -0.507 e. The molecule has 0 aromatic heterocycles. The maximum atomic E-state index is 10.1. The first-order valence-electron chi connectivity index (χ1n) is 7.38. The number of thioether (sulfide) groups is 1. The Balaban J connectivity index is 1.93. The van der Waals surface area contributed by atoms with Crippen molar-refractivity contribution in [3.63, 3.8) is 0 Å². The fraction of sp³-hybridized carbons (Fsp3) is 0.625. The number of nitrogens with one attached hydrogen (secondary N) is 1. The number of hydrogen-bond acceptors (Lipinski definition) is 4. The maximum absolute atomic E-state index is 10.1. The summed E-state index contributed by atoms with van der Waals surface area (Å²) in [5, 5.41) is 14.5. The number of phenolic OH excluding ortho intramolecular Hbond substituents is 1. The van der Waals surface area contributed by atoms with Crippen molar-refractivity contribution in [3.8, 4) is 11.5 Å². The number of hydrogen-bond donors (Lipinski definition) is 2. The summed E-state index contributed by atoms with van der Waals surface area (Å²) in [5.41, 5.74) is 0.942. The van der Waals surface area contributed by atoms with Crippen LogP contribution in [0.2, 0.25) is 0 Å². The smallest absolute Gasteiger partial charge is 0.124 e. The molecule has 0 spiro atoms. The molecule has 1 aliphatic carbocycles. The molecule has 1 aromatic rings. The van der Waals surface area contributed by atoms with Crippen LogP contribution in [-0.4, -0.2) is 29.3 Å². The highest BCUT2D eigenvalue weighted by molar-refractivity contribution is 7.99. The number of phenols is 1. The minimum absolute atomic E-state index is 0.163. The van der Waals surface area contributed by atoms with Gasteiger partial charge in [-0.05, 0) is 38.0 Å². The monoisotopic (exact) mass is 295 g/mol. The summed E-state index contributed by atoms with van der Waals surface area (Å²) < 4.78 is 5.12. The minimum atomic E-state index is 0.163. The average Bonchev–Trinajstić information content (AvgIpc) is 2.86. The normalized spacial score (nSPS) is 23.8. The van der Waals surface area contributed by atoms with E-state index in [0.29, 0.717) is 17.5 Å². The van der Waals surface area contributed by atoms with E-state index in [-0.39, 0.29) is 6.04 Å². The van der Waals surface area contributed by atoms with Crippen LogP contribution in [0.4, 0.5) is 0 Å². The molecule has 2 rings (SSSR count). The highest BCUT2D eigenvalue weighted by atomic mass is 32.2. The highest BCUT2D eigenvalue weighted by Gasteiger charge is 2.26. The van der Waals surface area contributed by atoms with Gasteiger partial charge in [-0.25, -0.2) is 0 Å². The second-order valence-electron chi connectivity index (χ2n) is 5.40. The first-order chi connectivity index (χ1) is 9.63. The van der Waals surface area contributed by atoms with Crippen molar-refractivity contribution in [1.82, 2.24) is 5.32 Å². The van der Waals surface area contributed by atoms with Gasteiger partial charge < -0.3 is 15.2 Å². The lowest BCUT2D eigenvalue weighted by molar-refractivity contribution is 0.400. The van der Waals surface area contributed by atoms with E-state index in [9.17, 15) is 5.11 Å². The fourth-order valence-electron chi connectivity index (χ4n) is 2.94. The molecule has 0 bridgehead atoms. The molecule has 2 N–H and O–H groups in total. The summed E-state index contributed by atoms with van der Waals surface area (Å²) in [6.45, 7) is 4.34. The van der Waals surface area contributed by atoms with Crippen LogP contribution >= 0.6 is 11.8 Å². The average molecular weight is 295 g/mol. The van der Waals surface area contributed by atoms with E-state index in [1.807, 2.05) is 12.1 Å². The summed E-state index contributed by atoms with van der Waals surface area (Å²) >= 11 is 2.07. The zero-order valence-corrected chi connectivity index (χ0v) is 13.4. The van der Waals surface area contributed by atoms with Crippen LogP contribution in [0, 0.1) is 0 Å². The van der Waals surface area contributed by atoms with Crippen LogP contribution < -0.4 is 10.1 Å². The van der Waals surface area contributed by atoms with Crippen molar-refractivity contribution in [1.29, 1.82) is 0 Å². The molecule has 0 saturated heterocycles. The standard InChI is InChI=1S/C16H25NO2S/c1-4-20-14-7-5-12(9-14)17-11(2)15-8-6-13(19-3)10-16(15)18/h6,8,10-12,14,17-18H,4-5,7,9H2,1-3H3. The largest absolute Gasteiger partial charge is 0.507 e. The maximum Gasteiger partial charge on any atom is 0.124 e. The quantitative estimate of drug-likeness (QED) is 0.839. The second-order valence-corrected chi connectivity index (χ2v) is 6.98. The van der Waals surface area contributed by atoms with Crippen molar-refractivity contribution in [2.24, 2.45) is 0 Å². The number of methoxy groups -OCH3 is 1. The Hall–Kier alpha value is -0.870. The lowest BCUT2D eigenvalue weighted by atomic mass is 10.1. The van der Waals surface area contributed by atoms with E-state index >= 15 is 0 Å². The van der Waals surface area contributed by atoms with Gasteiger partial charge >= 0.3 is 0 Å². The second kappa shape index (κ2) is 7.23. The molecule has 3 nitrogen and oxygen atoms in total. The van der Waals surface area contributed by atoms with Crippen molar-refractivity contribution in [2.45, 2.75) is 50.4 Å². The third-order valence-electron chi connectivity index (χ3n) is 3.98. The van der Waals surface area contributed by atoms with E-state index in [0.717, 1.165) is 10.8 Å². The lowest BCUT2D eigenvalue weighted by Gasteiger charge is -2.21. The Bertz CT molecular complexity index is 438. The summed E-state index contributed by atoms with van der Waals surface area (Å²) in [5.74, 6) is 2.20. The number of benzene rings is 1. The molecule has 0 radical (unpaired) electrons. The van der Waals surface area contributed by atoms with Gasteiger partial charge in [0.1, 0.15) is 11.5 Å². The molecule has 3 unspecified atom stereocenters. The topological polar surface area (TPSA) is 41.5 Å². The molecule has 1 saturated carbocycles. The zero-order chi connectivity index (χ0) is 14.5. The molecule has 1 aliphatic rings. The van der Waals surface area contributed by atoms with Crippen LogP contribution in [0.5, 0.6) is 11.5 Å². The SMILES string of the molecule is CCSC1CCC(NC(C)c2ccc(OC)cc2O)C1. The third-order valence-corrected chi connectivity index (χ3v) is 5.21. The fourth-order valence-corrected chi connectivity index (χ4v) is 4.08. The number of aromatic hydroxyl groups is 1. The predicted octanol–water partition coefficient (Wildman–Crippen LogP) is 3.73. The first-order valence-corrected chi connectivity index (χ1v) is 8.43. The molecule has 3 atom stereocenters. The van der Waals surface area contributed by atoms with E-state index in [4.69, 9.17) is 4.74 Å². The van der Waals surface area contributed by atoms with Gasteiger partial charge in [-0.3, -0.25) is 0 Å². The molecule has 20 heavy (non-hydrogen) atoms. The van der Waals surface area contributed by atoms with E-state index in [1.54, 1.807) is 13.2 Å². The van der Waals surface area contributed by atoms with Crippen molar-refractivity contribution >= 4 is 11.8 Å². The Morgan fingerprint density at radius 2 is 2.25 bits per heavy atom. The van der Waals surface area contributed by atoms with Gasteiger partial charge in [0.25, 0.3) is 0 Å². The van der Waals surface area contributed by atoms with Gasteiger partial charge in [0.05, 0.1) is 7.11 Å². The summed E-state index contributed by atoms with van der Waals surface area (Å²) in [7, 11) is 1.61. The van der Waals surface area contributed by atoms with Crippen LogP contribution in [0.15, 0.2) is 18.2 Å². The predicted molar refractivity (Wildman–Crippen MR) is 85.8 cm³/mol. The van der Waals surface area contributed by atoms with Gasteiger partial charge in [0, 0.05) is 29.0 Å². The molecule has 0 aliphatic heterocycles. The van der Waals surface area contributed by atoms with E-state index < -0.39 is 0 Å². The van der Waals surface area contributed by atoms with Crippen LogP contribution in [-0.2, 0) is 0 Å². The molecular weight excluding hydrogens is 270 g/mol. The molecule has 112 valence electrons. The molecule has 1 fully saturated rings. The Morgan fingerprint density at radius 3 is 2.90 bits per heavy atom. The van der Waals surface area contributed by atoms with Gasteiger partial charge in [-0.2, -0.15) is 11.8 Å². The molecule has 4 heteroatoms. The first kappa shape index (κ1) is 15.5. The van der Waals surface area contributed by atoms with Crippen molar-refractivity contribution in [3.05, 3.63) is 23.8 Å². The number of rotatable bonds is 6. The zero-order valence-electron chi connectivity index (χ0n) is 12.6. The van der Waals surface area contributed by atoms with E-state index in [1.165, 1.54) is 25.0 Å². The summed E-state index contributed by atoms with van der Waals surface area (Å²) in [4.78, 5) is 0. The van der Waals surface area contributed by atoms with Gasteiger partial charge in [0.15, 0.2) is 0 Å². The van der Waals surface area contributed by atoms with Gasteiger partial charge in [0.2, 0.25) is 0 Å². The highest BCUT2D eigenvalue weighted by Crippen LogP contribution is 2.33. The number of ether oxygens (including phenoxy) is 1. The van der Waals surface area contributed by atoms with Crippen LogP contribution in [0.1, 0.15) is 44.7 Å². The summed E-state index contributed by atoms with van der Waals surface area (Å²) in [6, 6.07) is 6.25. The lowest BCUT2D eigenvalue weighted by Crippen LogP contribution is -2.29. The molecule has 0 heterocycles. The molecule has 1 aromatic carbocycles. The van der Waals surface area contributed by atoms with Gasteiger partial charge in [-0.15, -0.1) is 0 Å². The van der Waals surface area contributed by atoms with Crippen LogP contribution in [0.25, 0.3) is 0 Å². The molecule has 0 amide bonds. The van der Waals surface area contributed by atoms with E-state index in [2.05, 4.69) is 30.9 Å². The van der Waals surface area contributed by atoms with Gasteiger partial charge in [-0.1, -0.05) is 13.0 Å². The van der Waals surface area contributed by atoms with Crippen LogP contribution in [0.3, 0.4) is 0 Å². The Kier molecular flexibility index (Phi) is 5.61. The Labute approximate surface area is 126 Å². The third kappa shape index (κ3) is 3.83. The molecular formula is C16H25NO2S. The van der Waals surface area contributed by atoms with Crippen molar-refractivity contribution in [2.75, 3.05) is 12.9 Å².